The van der Waals surface area contributed by atoms with Gasteiger partial charge in [0.2, 0.25) is 5.79 Å². The van der Waals surface area contributed by atoms with Gasteiger partial charge in [-0.05, 0) is 43.3 Å². The van der Waals surface area contributed by atoms with E-state index in [-0.39, 0.29) is 18.8 Å². The second-order valence-corrected chi connectivity index (χ2v) is 8.68. The summed E-state index contributed by atoms with van der Waals surface area (Å²) < 4.78 is 20.1. The molecule has 2 heterocycles. The summed E-state index contributed by atoms with van der Waals surface area (Å²) in [5, 5.41) is 10.4. The van der Waals surface area contributed by atoms with Crippen molar-refractivity contribution < 1.29 is 28.9 Å². The maximum absolute atomic E-state index is 12.2. The molecule has 3 unspecified atom stereocenters. The van der Waals surface area contributed by atoms with Crippen molar-refractivity contribution in [3.05, 3.63) is 92.5 Å². The van der Waals surface area contributed by atoms with Crippen LogP contribution in [0.2, 0.25) is 10.0 Å². The third kappa shape index (κ3) is 5.91. The number of ether oxygens (including phenoxy) is 3. The Labute approximate surface area is 210 Å². The highest BCUT2D eigenvalue weighted by molar-refractivity contribution is 6.35. The van der Waals surface area contributed by atoms with Gasteiger partial charge in [-0.15, -0.1) is 10.1 Å². The number of imidazole rings is 1. The van der Waals surface area contributed by atoms with Crippen molar-refractivity contribution in [3.8, 4) is 5.75 Å². The van der Waals surface area contributed by atoms with Crippen LogP contribution < -0.4 is 4.74 Å². The van der Waals surface area contributed by atoms with Gasteiger partial charge < -0.3 is 23.6 Å². The molecule has 1 aromatic heterocycles. The van der Waals surface area contributed by atoms with E-state index in [9.17, 15) is 14.9 Å². The SMILES string of the molecule is CC(O[N+](=O)[O-])C(=O)c1ccc(OCC2COC(Cn3ccnc3)(c3ccc(Cl)cc3Cl)O2)cc1. The molecule has 0 bridgehead atoms. The second kappa shape index (κ2) is 10.6. The van der Waals surface area contributed by atoms with E-state index in [1.807, 2.05) is 4.57 Å². The Morgan fingerprint density at radius 3 is 2.74 bits per heavy atom. The van der Waals surface area contributed by atoms with Crippen LogP contribution >= 0.6 is 23.2 Å². The molecule has 0 radical (unpaired) electrons. The van der Waals surface area contributed by atoms with E-state index in [1.165, 1.54) is 19.1 Å². The van der Waals surface area contributed by atoms with E-state index in [4.69, 9.17) is 37.4 Å². The standard InChI is InChI=1S/C23H21Cl2N3O7/c1-15(35-28(30)31)22(29)16-2-5-18(6-3-16)32-11-19-12-33-23(34-19,13-27-9-8-26-14-27)20-7-4-17(24)10-21(20)25/h2-10,14-15,19H,11-13H2,1H3. The quantitative estimate of drug-likeness (QED) is 0.220. The molecular formula is C23H21Cl2N3O7. The van der Waals surface area contributed by atoms with Crippen molar-refractivity contribution in [2.45, 2.75) is 31.5 Å². The third-order valence-corrected chi connectivity index (χ3v) is 5.89. The van der Waals surface area contributed by atoms with Gasteiger partial charge in [-0.1, -0.05) is 29.3 Å². The Bertz CT molecular complexity index is 1190. The summed E-state index contributed by atoms with van der Waals surface area (Å²) in [5.41, 5.74) is 0.901. The van der Waals surface area contributed by atoms with E-state index in [1.54, 1.807) is 49.1 Å². The summed E-state index contributed by atoms with van der Waals surface area (Å²) in [7, 11) is 0. The first kappa shape index (κ1) is 24.9. The molecule has 1 saturated heterocycles. The van der Waals surface area contributed by atoms with Crippen LogP contribution in [-0.4, -0.2) is 45.8 Å². The van der Waals surface area contributed by atoms with Gasteiger partial charge in [-0.2, -0.15) is 0 Å². The van der Waals surface area contributed by atoms with Gasteiger partial charge in [0.15, 0.2) is 11.9 Å². The first-order chi connectivity index (χ1) is 16.8. The molecule has 0 saturated carbocycles. The van der Waals surface area contributed by atoms with Crippen LogP contribution in [0.15, 0.2) is 61.2 Å². The van der Waals surface area contributed by atoms with E-state index in [0.29, 0.717) is 27.9 Å². The molecule has 0 amide bonds. The Morgan fingerprint density at radius 2 is 2.09 bits per heavy atom. The van der Waals surface area contributed by atoms with E-state index < -0.39 is 28.9 Å². The lowest BCUT2D eigenvalue weighted by Crippen LogP contribution is -2.34. The van der Waals surface area contributed by atoms with Crippen LogP contribution in [0.5, 0.6) is 5.75 Å². The molecule has 10 nitrogen and oxygen atoms in total. The van der Waals surface area contributed by atoms with Crippen LogP contribution in [0.1, 0.15) is 22.8 Å². The van der Waals surface area contributed by atoms with Gasteiger partial charge >= 0.3 is 0 Å². The number of carbonyl (C=O) groups is 1. The molecule has 1 fully saturated rings. The van der Waals surface area contributed by atoms with Gasteiger partial charge in [0, 0.05) is 28.5 Å². The molecule has 184 valence electrons. The molecule has 4 rings (SSSR count). The number of Topliss-reactive ketones (excluding diaryl/α,β-unsaturated/α-hetero) is 1. The van der Waals surface area contributed by atoms with Crippen molar-refractivity contribution in [3.63, 3.8) is 0 Å². The minimum Gasteiger partial charge on any atom is -0.491 e. The fourth-order valence-corrected chi connectivity index (χ4v) is 4.24. The number of hydrogen-bond donors (Lipinski definition) is 0. The van der Waals surface area contributed by atoms with E-state index >= 15 is 0 Å². The van der Waals surface area contributed by atoms with Gasteiger partial charge in [-0.25, -0.2) is 4.98 Å². The van der Waals surface area contributed by atoms with Crippen LogP contribution in [0, 0.1) is 10.1 Å². The van der Waals surface area contributed by atoms with Gasteiger partial charge in [0.25, 0.3) is 5.09 Å². The smallest absolute Gasteiger partial charge is 0.295 e. The molecule has 1 aliphatic rings. The lowest BCUT2D eigenvalue weighted by molar-refractivity contribution is -0.763. The monoisotopic (exact) mass is 521 g/mol. The second-order valence-electron chi connectivity index (χ2n) is 7.83. The van der Waals surface area contributed by atoms with Crippen molar-refractivity contribution in [2.24, 2.45) is 0 Å². The lowest BCUT2D eigenvalue weighted by Gasteiger charge is -2.30. The predicted octanol–water partition coefficient (Wildman–Crippen LogP) is 4.32. The molecule has 2 aromatic carbocycles. The highest BCUT2D eigenvalue weighted by Gasteiger charge is 2.45. The average Bonchev–Trinajstić information content (AvgIpc) is 3.48. The summed E-state index contributed by atoms with van der Waals surface area (Å²) in [6.07, 6.45) is 3.49. The molecule has 12 heteroatoms. The fraction of sp³-hybridized carbons (Fsp3) is 0.304. The number of benzene rings is 2. The highest BCUT2D eigenvalue weighted by atomic mass is 35.5. The molecular weight excluding hydrogens is 501 g/mol. The molecule has 3 atom stereocenters. The van der Waals surface area contributed by atoms with Gasteiger partial charge in [0.1, 0.15) is 18.5 Å². The Hall–Kier alpha value is -3.18. The summed E-state index contributed by atoms with van der Waals surface area (Å²) >= 11 is 12.5. The Morgan fingerprint density at radius 1 is 1.31 bits per heavy atom. The molecule has 0 aliphatic carbocycles. The normalized spacial score (nSPS) is 20.4. The van der Waals surface area contributed by atoms with Crippen molar-refractivity contribution >= 4 is 29.0 Å². The maximum atomic E-state index is 12.2. The number of aromatic nitrogens is 2. The summed E-state index contributed by atoms with van der Waals surface area (Å²) in [5.74, 6) is -1.19. The number of nitrogens with zero attached hydrogens (tertiary/aromatic N) is 3. The largest absolute Gasteiger partial charge is 0.491 e. The average molecular weight is 522 g/mol. The minimum atomic E-state index is -1.20. The first-order valence-corrected chi connectivity index (χ1v) is 11.3. The molecule has 1 aliphatic heterocycles. The minimum absolute atomic E-state index is 0.172. The Balaban J connectivity index is 1.42. The summed E-state index contributed by atoms with van der Waals surface area (Å²) in [6.45, 7) is 2.05. The zero-order valence-electron chi connectivity index (χ0n) is 18.5. The maximum Gasteiger partial charge on any atom is 0.295 e. The molecule has 35 heavy (non-hydrogen) atoms. The lowest BCUT2D eigenvalue weighted by atomic mass is 10.1. The summed E-state index contributed by atoms with van der Waals surface area (Å²) in [6, 6.07) is 11.3. The number of hydrogen-bond acceptors (Lipinski definition) is 8. The van der Waals surface area contributed by atoms with E-state index in [2.05, 4.69) is 9.82 Å². The zero-order valence-corrected chi connectivity index (χ0v) is 20.0. The van der Waals surface area contributed by atoms with Gasteiger partial charge in [-0.3, -0.25) is 4.79 Å². The van der Waals surface area contributed by atoms with Crippen molar-refractivity contribution in [1.29, 1.82) is 0 Å². The number of rotatable bonds is 10. The van der Waals surface area contributed by atoms with Crippen LogP contribution in [0.3, 0.4) is 0 Å². The summed E-state index contributed by atoms with van der Waals surface area (Å²) in [4.78, 5) is 31.0. The molecule has 0 spiro atoms. The van der Waals surface area contributed by atoms with Gasteiger partial charge in [0.05, 0.1) is 24.5 Å². The number of halogens is 2. The van der Waals surface area contributed by atoms with E-state index in [0.717, 1.165) is 0 Å². The first-order valence-electron chi connectivity index (χ1n) is 10.6. The molecule has 3 aromatic rings. The third-order valence-electron chi connectivity index (χ3n) is 5.34. The van der Waals surface area contributed by atoms with Crippen LogP contribution in [0.25, 0.3) is 0 Å². The number of ketones is 1. The number of carbonyl (C=O) groups excluding carboxylic acids is 1. The predicted molar refractivity (Wildman–Crippen MR) is 125 cm³/mol. The Kier molecular flexibility index (Phi) is 7.56. The zero-order chi connectivity index (χ0) is 25.0. The van der Waals surface area contributed by atoms with Crippen LogP contribution in [-0.2, 0) is 26.6 Å². The molecule has 0 N–H and O–H groups in total. The fourth-order valence-electron chi connectivity index (χ4n) is 3.69. The topological polar surface area (TPSA) is 115 Å². The van der Waals surface area contributed by atoms with Crippen LogP contribution in [0.4, 0.5) is 0 Å². The van der Waals surface area contributed by atoms with Crippen molar-refractivity contribution in [2.75, 3.05) is 13.2 Å². The van der Waals surface area contributed by atoms with Crippen molar-refractivity contribution in [1.82, 2.24) is 9.55 Å². The highest BCUT2D eigenvalue weighted by Crippen LogP contribution is 2.40.